The molecule has 0 aliphatic heterocycles. The fraction of sp³-hybridized carbons (Fsp3) is 0.188. The van der Waals surface area contributed by atoms with Gasteiger partial charge in [-0.25, -0.2) is 0 Å². The molecule has 3 rings (SSSR count). The number of non-ortho nitro benzene ring substituents is 1. The Labute approximate surface area is 169 Å². The number of nitro groups is 1. The Morgan fingerprint density at radius 1 is 1.30 bits per heavy atom. The van der Waals surface area contributed by atoms with Crippen molar-refractivity contribution >= 4 is 66.4 Å². The number of ether oxygens (including phenoxy) is 1. The summed E-state index contributed by atoms with van der Waals surface area (Å²) in [6, 6.07) is 7.69. The van der Waals surface area contributed by atoms with Crippen LogP contribution < -0.4 is 4.80 Å². The first kappa shape index (κ1) is 19.4. The molecule has 0 N–H and O–H groups in total. The van der Waals surface area contributed by atoms with Crippen molar-refractivity contribution in [2.24, 2.45) is 4.99 Å². The predicted octanol–water partition coefficient (Wildman–Crippen LogP) is 3.74. The summed E-state index contributed by atoms with van der Waals surface area (Å²) < 4.78 is 7.90. The minimum absolute atomic E-state index is 0.113. The Hall–Kier alpha value is -2.37. The van der Waals surface area contributed by atoms with Crippen molar-refractivity contribution < 1.29 is 19.2 Å². The number of carbonyl (C=O) groups excluding carboxylic acids is 2. The van der Waals surface area contributed by atoms with Crippen LogP contribution in [0.4, 0.5) is 5.69 Å². The van der Waals surface area contributed by atoms with Gasteiger partial charge in [0.2, 0.25) is 0 Å². The molecule has 3 aromatic rings. The monoisotopic (exact) mass is 469 g/mol. The summed E-state index contributed by atoms with van der Waals surface area (Å²) in [7, 11) is 0. The number of thiazole rings is 1. The number of esters is 1. The maximum absolute atomic E-state index is 12.4. The van der Waals surface area contributed by atoms with E-state index in [0.29, 0.717) is 15.1 Å². The molecule has 0 fully saturated rings. The average Bonchev–Trinajstić information content (AvgIpc) is 3.19. The normalized spacial score (nSPS) is 11.7. The lowest BCUT2D eigenvalue weighted by atomic mass is 10.3. The lowest BCUT2D eigenvalue weighted by Crippen LogP contribution is -2.23. The highest BCUT2D eigenvalue weighted by atomic mass is 79.9. The number of nitro benzene ring substituents is 1. The number of amides is 1. The van der Waals surface area contributed by atoms with Crippen LogP contribution in [0.1, 0.15) is 16.6 Å². The van der Waals surface area contributed by atoms with Gasteiger partial charge < -0.3 is 9.30 Å². The quantitative estimate of drug-likeness (QED) is 0.321. The second-order valence-corrected chi connectivity index (χ2v) is 8.68. The molecule has 11 heteroatoms. The van der Waals surface area contributed by atoms with Crippen LogP contribution in [0.5, 0.6) is 0 Å². The van der Waals surface area contributed by atoms with Crippen molar-refractivity contribution in [1.29, 1.82) is 0 Å². The van der Waals surface area contributed by atoms with Gasteiger partial charge in [0.05, 0.1) is 30.4 Å². The molecule has 0 radical (unpaired) electrons. The van der Waals surface area contributed by atoms with Gasteiger partial charge in [-0.1, -0.05) is 11.3 Å². The maximum atomic E-state index is 12.4. The molecule has 0 spiro atoms. The van der Waals surface area contributed by atoms with Gasteiger partial charge in [0, 0.05) is 12.1 Å². The molecule has 0 aliphatic carbocycles. The Morgan fingerprint density at radius 2 is 2.07 bits per heavy atom. The Kier molecular flexibility index (Phi) is 5.82. The van der Waals surface area contributed by atoms with Crippen LogP contribution >= 0.6 is 38.6 Å². The average molecular weight is 470 g/mol. The third-order valence-corrected chi connectivity index (χ3v) is 6.12. The number of rotatable bonds is 5. The molecule has 1 amide bonds. The summed E-state index contributed by atoms with van der Waals surface area (Å²) in [6.07, 6.45) is 0. The standard InChI is InChI=1S/C16H12BrN3O5S2/c1-2-25-14(21)8-19-10-7-9(20(23)24)3-4-11(10)27-16(19)18-15(22)12-5-6-13(17)26-12/h3-7H,2,8H2,1H3. The van der Waals surface area contributed by atoms with E-state index in [9.17, 15) is 19.7 Å². The van der Waals surface area contributed by atoms with Crippen LogP contribution in [-0.4, -0.2) is 28.0 Å². The molecule has 2 heterocycles. The summed E-state index contributed by atoms with van der Waals surface area (Å²) in [5.74, 6) is -0.971. The summed E-state index contributed by atoms with van der Waals surface area (Å²) in [5.41, 5.74) is 0.333. The lowest BCUT2D eigenvalue weighted by Gasteiger charge is -2.05. The molecular formula is C16H12BrN3O5S2. The van der Waals surface area contributed by atoms with E-state index in [-0.39, 0.29) is 23.6 Å². The van der Waals surface area contributed by atoms with E-state index >= 15 is 0 Å². The molecule has 0 bridgehead atoms. The minimum atomic E-state index is -0.517. The molecule has 0 aliphatic rings. The molecule has 1 aromatic carbocycles. The molecule has 0 unspecified atom stereocenters. The topological polar surface area (TPSA) is 104 Å². The van der Waals surface area contributed by atoms with E-state index in [1.165, 1.54) is 39.4 Å². The number of aromatic nitrogens is 1. The SMILES string of the molecule is CCOC(=O)Cn1c(=NC(=O)c2ccc(Br)s2)sc2ccc([N+](=O)[O-])cc21. The molecule has 0 atom stereocenters. The molecule has 2 aromatic heterocycles. The van der Waals surface area contributed by atoms with Crippen molar-refractivity contribution in [1.82, 2.24) is 4.57 Å². The van der Waals surface area contributed by atoms with Gasteiger partial charge in [0.15, 0.2) is 4.80 Å². The molecular weight excluding hydrogens is 458 g/mol. The van der Waals surface area contributed by atoms with Gasteiger partial charge >= 0.3 is 5.97 Å². The summed E-state index contributed by atoms with van der Waals surface area (Å²) in [5, 5.41) is 11.1. The highest BCUT2D eigenvalue weighted by molar-refractivity contribution is 9.11. The van der Waals surface area contributed by atoms with Crippen LogP contribution in [0.15, 0.2) is 39.1 Å². The largest absolute Gasteiger partial charge is 0.465 e. The zero-order valence-corrected chi connectivity index (χ0v) is 17.1. The first-order valence-electron chi connectivity index (χ1n) is 7.67. The molecule has 0 saturated heterocycles. The number of thiophene rings is 1. The lowest BCUT2D eigenvalue weighted by molar-refractivity contribution is -0.384. The zero-order chi connectivity index (χ0) is 19.6. The first-order valence-corrected chi connectivity index (χ1v) is 10.1. The fourth-order valence-corrected chi connectivity index (χ4v) is 4.59. The van der Waals surface area contributed by atoms with Crippen molar-refractivity contribution in [3.63, 3.8) is 0 Å². The van der Waals surface area contributed by atoms with Crippen LogP contribution in [0.3, 0.4) is 0 Å². The molecule has 8 nitrogen and oxygen atoms in total. The Morgan fingerprint density at radius 3 is 2.70 bits per heavy atom. The van der Waals surface area contributed by atoms with Gasteiger partial charge in [0.25, 0.3) is 11.6 Å². The van der Waals surface area contributed by atoms with E-state index in [1.54, 1.807) is 25.1 Å². The smallest absolute Gasteiger partial charge is 0.326 e. The number of hydrogen-bond donors (Lipinski definition) is 0. The van der Waals surface area contributed by atoms with Gasteiger partial charge in [0.1, 0.15) is 6.54 Å². The number of carbonyl (C=O) groups is 2. The first-order chi connectivity index (χ1) is 12.9. The van der Waals surface area contributed by atoms with Gasteiger partial charge in [-0.3, -0.25) is 19.7 Å². The molecule has 140 valence electrons. The van der Waals surface area contributed by atoms with Crippen molar-refractivity contribution in [3.05, 3.63) is 53.9 Å². The van der Waals surface area contributed by atoms with Crippen LogP contribution in [0.2, 0.25) is 0 Å². The van der Waals surface area contributed by atoms with E-state index in [0.717, 1.165) is 3.79 Å². The van der Waals surface area contributed by atoms with Crippen LogP contribution in [0.25, 0.3) is 10.2 Å². The number of benzene rings is 1. The number of nitrogens with zero attached hydrogens (tertiary/aromatic N) is 3. The zero-order valence-electron chi connectivity index (χ0n) is 13.9. The van der Waals surface area contributed by atoms with Crippen molar-refractivity contribution in [2.45, 2.75) is 13.5 Å². The third kappa shape index (κ3) is 4.31. The second-order valence-electron chi connectivity index (χ2n) is 5.21. The summed E-state index contributed by atoms with van der Waals surface area (Å²) >= 11 is 5.71. The van der Waals surface area contributed by atoms with Gasteiger partial charge in [-0.05, 0) is 41.1 Å². The van der Waals surface area contributed by atoms with E-state index in [4.69, 9.17) is 4.74 Å². The maximum Gasteiger partial charge on any atom is 0.326 e. The Bertz CT molecular complexity index is 1110. The predicted molar refractivity (Wildman–Crippen MR) is 105 cm³/mol. The molecule has 0 saturated carbocycles. The van der Waals surface area contributed by atoms with Crippen molar-refractivity contribution in [3.8, 4) is 0 Å². The van der Waals surface area contributed by atoms with Crippen LogP contribution in [0, 0.1) is 10.1 Å². The number of halogens is 1. The van der Waals surface area contributed by atoms with Gasteiger partial charge in [-0.15, -0.1) is 11.3 Å². The summed E-state index contributed by atoms with van der Waals surface area (Å²) in [6.45, 7) is 1.69. The third-order valence-electron chi connectivity index (χ3n) is 3.45. The minimum Gasteiger partial charge on any atom is -0.465 e. The number of hydrogen-bond acceptors (Lipinski definition) is 7. The van der Waals surface area contributed by atoms with E-state index in [1.807, 2.05) is 0 Å². The summed E-state index contributed by atoms with van der Waals surface area (Å²) in [4.78, 5) is 39.8. The van der Waals surface area contributed by atoms with Gasteiger partial charge in [-0.2, -0.15) is 4.99 Å². The molecule has 27 heavy (non-hydrogen) atoms. The highest BCUT2D eigenvalue weighted by Crippen LogP contribution is 2.24. The van der Waals surface area contributed by atoms with Crippen molar-refractivity contribution in [2.75, 3.05) is 6.61 Å². The number of fused-ring (bicyclic) bond motifs is 1. The highest BCUT2D eigenvalue weighted by Gasteiger charge is 2.16. The second kappa shape index (κ2) is 8.11. The van der Waals surface area contributed by atoms with Crippen LogP contribution in [-0.2, 0) is 16.1 Å². The Balaban J connectivity index is 2.15. The van der Waals surface area contributed by atoms with E-state index < -0.39 is 16.8 Å². The van der Waals surface area contributed by atoms with E-state index in [2.05, 4.69) is 20.9 Å². The fourth-order valence-electron chi connectivity index (χ4n) is 2.32.